The van der Waals surface area contributed by atoms with Gasteiger partial charge < -0.3 is 4.90 Å². The highest BCUT2D eigenvalue weighted by Gasteiger charge is 2.36. The van der Waals surface area contributed by atoms with E-state index in [1.54, 1.807) is 18.2 Å². The number of aromatic nitrogens is 7. The maximum atomic E-state index is 13.4. The molecule has 1 fully saturated rings. The quantitative estimate of drug-likeness (QED) is 0.480. The number of hydrogen-bond donors (Lipinski definition) is 0. The lowest BCUT2D eigenvalue weighted by molar-refractivity contribution is -0.141. The number of alkyl halides is 3. The number of anilines is 1. The van der Waals surface area contributed by atoms with E-state index >= 15 is 0 Å². The average molecular weight is 442 g/mol. The van der Waals surface area contributed by atoms with Gasteiger partial charge in [-0.3, -0.25) is 14.3 Å². The predicted octanol–water partition coefficient (Wildman–Crippen LogP) is 2.67. The van der Waals surface area contributed by atoms with Crippen LogP contribution in [0.25, 0.3) is 16.7 Å². The Kier molecular flexibility index (Phi) is 4.83. The molecule has 0 bridgehead atoms. The molecule has 0 spiro atoms. The number of hydrogen-bond acceptors (Lipinski definition) is 7. The van der Waals surface area contributed by atoms with Crippen LogP contribution >= 0.6 is 0 Å². The summed E-state index contributed by atoms with van der Waals surface area (Å²) in [6.45, 7) is -0.872. The predicted molar refractivity (Wildman–Crippen MR) is 108 cm³/mol. The lowest BCUT2D eigenvalue weighted by Crippen LogP contribution is -2.36. The second-order valence-corrected chi connectivity index (χ2v) is 7.42. The minimum atomic E-state index is -4.57. The Bertz CT molecular complexity index is 1320. The molecule has 1 saturated heterocycles. The molecule has 1 aliphatic rings. The summed E-state index contributed by atoms with van der Waals surface area (Å²) in [5.74, 6) is 0.947. The molecule has 1 unspecified atom stereocenters. The minimum absolute atomic E-state index is 0.0662. The van der Waals surface area contributed by atoms with Crippen LogP contribution in [0.5, 0.6) is 0 Å². The van der Waals surface area contributed by atoms with E-state index in [1.165, 1.54) is 35.8 Å². The van der Waals surface area contributed by atoms with Crippen molar-refractivity contribution in [3.8, 4) is 5.82 Å². The number of halogens is 3. The molecule has 32 heavy (non-hydrogen) atoms. The Balaban J connectivity index is 1.62. The van der Waals surface area contributed by atoms with Gasteiger partial charge in [-0.2, -0.15) is 18.3 Å². The largest absolute Gasteiger partial charge is 0.406 e. The minimum Gasteiger partial charge on any atom is -0.345 e. The van der Waals surface area contributed by atoms with Crippen LogP contribution in [-0.4, -0.2) is 47.0 Å². The number of fused-ring (bicyclic) bond motifs is 1. The van der Waals surface area contributed by atoms with Crippen LogP contribution in [0.3, 0.4) is 0 Å². The van der Waals surface area contributed by atoms with Crippen LogP contribution < -0.4 is 10.5 Å². The molecule has 0 radical (unpaired) electrons. The molecule has 9 nitrogen and oxygen atoms in total. The van der Waals surface area contributed by atoms with Crippen LogP contribution in [0.15, 0.2) is 54.1 Å². The van der Waals surface area contributed by atoms with E-state index in [0.717, 1.165) is 4.57 Å². The average Bonchev–Trinajstić information content (AvgIpc) is 3.47. The zero-order chi connectivity index (χ0) is 22.3. The molecule has 164 valence electrons. The molecule has 0 saturated carbocycles. The van der Waals surface area contributed by atoms with E-state index in [0.29, 0.717) is 36.5 Å². The Morgan fingerprint density at radius 1 is 1.06 bits per heavy atom. The van der Waals surface area contributed by atoms with E-state index in [-0.39, 0.29) is 11.2 Å². The Labute approximate surface area is 179 Å². The van der Waals surface area contributed by atoms with Crippen LogP contribution in [0.4, 0.5) is 19.0 Å². The third-order valence-corrected chi connectivity index (χ3v) is 5.34. The third-order valence-electron chi connectivity index (χ3n) is 5.34. The molecule has 1 aromatic carbocycles. The summed E-state index contributed by atoms with van der Waals surface area (Å²) in [6, 6.07) is 5.86. The summed E-state index contributed by atoms with van der Waals surface area (Å²) in [6.07, 6.45) is 2.54. The number of benzene rings is 1. The first-order valence-corrected chi connectivity index (χ1v) is 9.90. The van der Waals surface area contributed by atoms with Crippen LogP contribution in [0.2, 0.25) is 0 Å². The molecular weight excluding hydrogens is 425 g/mol. The molecule has 4 heterocycles. The first-order valence-electron chi connectivity index (χ1n) is 9.90. The van der Waals surface area contributed by atoms with E-state index in [9.17, 15) is 18.0 Å². The summed E-state index contributed by atoms with van der Waals surface area (Å²) >= 11 is 0. The Morgan fingerprint density at radius 3 is 2.66 bits per heavy atom. The highest BCUT2D eigenvalue weighted by atomic mass is 19.4. The summed E-state index contributed by atoms with van der Waals surface area (Å²) in [5.41, 5.74) is -0.350. The lowest BCUT2D eigenvalue weighted by atomic mass is 10.1. The smallest absolute Gasteiger partial charge is 0.345 e. The molecule has 0 aliphatic carbocycles. The summed E-state index contributed by atoms with van der Waals surface area (Å²) in [5, 5.41) is 4.18. The zero-order valence-corrected chi connectivity index (χ0v) is 16.6. The van der Waals surface area contributed by atoms with E-state index in [2.05, 4.69) is 25.0 Å². The van der Waals surface area contributed by atoms with Crippen molar-refractivity contribution in [2.24, 2.45) is 0 Å². The molecule has 1 atom stereocenters. The summed E-state index contributed by atoms with van der Waals surface area (Å²) < 4.78 is 42.3. The first-order chi connectivity index (χ1) is 15.4. The Hall–Kier alpha value is -3.83. The van der Waals surface area contributed by atoms with Crippen LogP contribution in [0, 0.1) is 0 Å². The van der Waals surface area contributed by atoms with Gasteiger partial charge in [-0.25, -0.2) is 19.6 Å². The van der Waals surface area contributed by atoms with Gasteiger partial charge in [0.1, 0.15) is 30.8 Å². The van der Waals surface area contributed by atoms with Gasteiger partial charge in [-0.1, -0.05) is 12.1 Å². The van der Waals surface area contributed by atoms with E-state index in [1.807, 2.05) is 4.90 Å². The van der Waals surface area contributed by atoms with Gasteiger partial charge in [0, 0.05) is 6.54 Å². The third kappa shape index (κ3) is 3.67. The van der Waals surface area contributed by atoms with Gasteiger partial charge in [0.2, 0.25) is 0 Å². The normalized spacial score (nSPS) is 16.7. The van der Waals surface area contributed by atoms with Crippen molar-refractivity contribution in [1.82, 2.24) is 34.3 Å². The van der Waals surface area contributed by atoms with Gasteiger partial charge in [-0.15, -0.1) is 0 Å². The number of nitrogens with zero attached hydrogens (tertiary/aromatic N) is 8. The maximum absolute atomic E-state index is 13.4. The van der Waals surface area contributed by atoms with Crippen molar-refractivity contribution < 1.29 is 13.2 Å². The lowest BCUT2D eigenvalue weighted by Gasteiger charge is -2.27. The molecule has 5 rings (SSSR count). The molecule has 4 aromatic rings. The summed E-state index contributed by atoms with van der Waals surface area (Å²) in [4.78, 5) is 32.0. The summed E-state index contributed by atoms with van der Waals surface area (Å²) in [7, 11) is 0. The fourth-order valence-corrected chi connectivity index (χ4v) is 4.00. The van der Waals surface area contributed by atoms with Gasteiger partial charge in [0.15, 0.2) is 5.82 Å². The van der Waals surface area contributed by atoms with E-state index < -0.39 is 24.3 Å². The first kappa shape index (κ1) is 20.1. The maximum Gasteiger partial charge on any atom is 0.406 e. The zero-order valence-electron chi connectivity index (χ0n) is 16.6. The van der Waals surface area contributed by atoms with Gasteiger partial charge in [-0.05, 0) is 25.0 Å². The van der Waals surface area contributed by atoms with Gasteiger partial charge >= 0.3 is 6.18 Å². The molecule has 0 amide bonds. The SMILES string of the molecule is O=c1c2ccccc2nc(C2CCCN2c2cncc(-n3cncn3)n2)n1CC(F)(F)F. The molecular formula is C20H17F3N8O. The van der Waals surface area contributed by atoms with Crippen molar-refractivity contribution in [3.05, 3.63) is 65.5 Å². The van der Waals surface area contributed by atoms with E-state index in [4.69, 9.17) is 0 Å². The van der Waals surface area contributed by atoms with Crippen molar-refractivity contribution in [2.75, 3.05) is 11.4 Å². The molecule has 12 heteroatoms. The second kappa shape index (κ2) is 7.70. The Morgan fingerprint density at radius 2 is 1.88 bits per heavy atom. The standard InChI is InChI=1S/C20H17F3N8O/c21-20(22,23)10-30-18(27-14-5-2-1-4-13(14)19(30)32)15-6-3-7-29(15)16-8-24-9-17(28-16)31-12-25-11-26-31/h1-2,4-5,8-9,11-12,15H,3,6-7,10H2. The molecule has 1 aliphatic heterocycles. The van der Waals surface area contributed by atoms with Crippen LogP contribution in [-0.2, 0) is 6.54 Å². The topological polar surface area (TPSA) is 94.6 Å². The molecule has 0 N–H and O–H groups in total. The monoisotopic (exact) mass is 442 g/mol. The second-order valence-electron chi connectivity index (χ2n) is 7.42. The highest BCUT2D eigenvalue weighted by molar-refractivity contribution is 5.77. The molecule has 3 aromatic heterocycles. The number of rotatable bonds is 4. The highest BCUT2D eigenvalue weighted by Crippen LogP contribution is 2.35. The van der Waals surface area contributed by atoms with Crippen molar-refractivity contribution in [1.29, 1.82) is 0 Å². The number of para-hydroxylation sites is 1. The van der Waals surface area contributed by atoms with Crippen LogP contribution in [0.1, 0.15) is 24.7 Å². The van der Waals surface area contributed by atoms with Gasteiger partial charge in [0.25, 0.3) is 5.56 Å². The van der Waals surface area contributed by atoms with Crippen molar-refractivity contribution in [2.45, 2.75) is 31.6 Å². The fourth-order valence-electron chi connectivity index (χ4n) is 4.00. The fraction of sp³-hybridized carbons (Fsp3) is 0.300. The van der Waals surface area contributed by atoms with Gasteiger partial charge in [0.05, 0.1) is 29.3 Å². The van der Waals surface area contributed by atoms with Crippen molar-refractivity contribution in [3.63, 3.8) is 0 Å². The van der Waals surface area contributed by atoms with Crippen molar-refractivity contribution >= 4 is 16.7 Å².